The van der Waals surface area contributed by atoms with Gasteiger partial charge in [-0.25, -0.2) is 0 Å². The van der Waals surface area contributed by atoms with Crippen molar-refractivity contribution in [1.82, 2.24) is 20.3 Å². The van der Waals surface area contributed by atoms with Crippen LogP contribution in [0, 0.1) is 13.8 Å². The lowest BCUT2D eigenvalue weighted by Gasteiger charge is -2.38. The molecule has 0 radical (unpaired) electrons. The van der Waals surface area contributed by atoms with E-state index >= 15 is 0 Å². The van der Waals surface area contributed by atoms with Crippen LogP contribution in [0.25, 0.3) is 0 Å². The van der Waals surface area contributed by atoms with Crippen LogP contribution in [0.5, 0.6) is 0 Å². The first-order chi connectivity index (χ1) is 14.0. The van der Waals surface area contributed by atoms with Crippen molar-refractivity contribution in [2.45, 2.75) is 89.8 Å². The number of hydrogen-bond acceptors (Lipinski definition) is 5. The lowest BCUT2D eigenvalue weighted by Crippen LogP contribution is -2.58. The van der Waals surface area contributed by atoms with E-state index in [2.05, 4.69) is 15.4 Å². The second-order valence-corrected chi connectivity index (χ2v) is 9.05. The van der Waals surface area contributed by atoms with Gasteiger partial charge in [0.25, 0.3) is 0 Å². The molecule has 2 amide bonds. The van der Waals surface area contributed by atoms with Crippen molar-refractivity contribution >= 4 is 11.8 Å². The molecule has 1 unspecified atom stereocenters. The SMILES string of the molecule is Cc1noc(C)c1CN1CCC(NC(=O)C2(N3CCCC3)CCCC2)CCC1=O. The maximum absolute atomic E-state index is 13.4. The molecule has 1 aromatic heterocycles. The van der Waals surface area contributed by atoms with Gasteiger partial charge in [-0.05, 0) is 65.5 Å². The van der Waals surface area contributed by atoms with E-state index in [1.807, 2.05) is 18.7 Å². The number of likely N-dealkylation sites (tertiary alicyclic amines) is 2. The number of hydrogen-bond donors (Lipinski definition) is 1. The molecule has 3 heterocycles. The zero-order chi connectivity index (χ0) is 20.4. The third kappa shape index (κ3) is 4.06. The highest BCUT2D eigenvalue weighted by atomic mass is 16.5. The van der Waals surface area contributed by atoms with Crippen molar-refractivity contribution in [2.75, 3.05) is 19.6 Å². The molecule has 3 aliphatic rings. The summed E-state index contributed by atoms with van der Waals surface area (Å²) in [7, 11) is 0. The van der Waals surface area contributed by atoms with Crippen molar-refractivity contribution in [2.24, 2.45) is 0 Å². The normalized spacial score (nSPS) is 25.4. The summed E-state index contributed by atoms with van der Waals surface area (Å²) in [6, 6.07) is 0.0706. The summed E-state index contributed by atoms with van der Waals surface area (Å²) in [5.41, 5.74) is 1.54. The Morgan fingerprint density at radius 3 is 2.52 bits per heavy atom. The summed E-state index contributed by atoms with van der Waals surface area (Å²) in [6.45, 7) is 7.09. The number of aryl methyl sites for hydroxylation is 2. The quantitative estimate of drug-likeness (QED) is 0.819. The van der Waals surface area contributed by atoms with Crippen LogP contribution in [0.15, 0.2) is 4.52 Å². The van der Waals surface area contributed by atoms with Gasteiger partial charge >= 0.3 is 0 Å². The second kappa shape index (κ2) is 8.46. The van der Waals surface area contributed by atoms with E-state index in [0.29, 0.717) is 19.5 Å². The molecule has 7 heteroatoms. The van der Waals surface area contributed by atoms with Gasteiger partial charge in [-0.15, -0.1) is 0 Å². The molecule has 0 bridgehead atoms. The molecule has 29 heavy (non-hydrogen) atoms. The maximum Gasteiger partial charge on any atom is 0.240 e. The Hall–Kier alpha value is -1.89. The predicted octanol–water partition coefficient (Wildman–Crippen LogP) is 2.70. The number of amides is 2. The molecular formula is C22H34N4O3. The first kappa shape index (κ1) is 20.4. The van der Waals surface area contributed by atoms with Crippen LogP contribution in [-0.2, 0) is 16.1 Å². The minimum atomic E-state index is -0.302. The Labute approximate surface area is 173 Å². The molecule has 0 spiro atoms. The third-order valence-corrected chi connectivity index (χ3v) is 7.24. The number of rotatable bonds is 5. The Morgan fingerprint density at radius 2 is 1.86 bits per heavy atom. The van der Waals surface area contributed by atoms with Gasteiger partial charge in [-0.1, -0.05) is 18.0 Å². The fourth-order valence-electron chi connectivity index (χ4n) is 5.38. The van der Waals surface area contributed by atoms with E-state index in [1.54, 1.807) is 0 Å². The Morgan fingerprint density at radius 1 is 1.14 bits per heavy atom. The number of nitrogens with zero attached hydrogens (tertiary/aromatic N) is 3. The summed E-state index contributed by atoms with van der Waals surface area (Å²) >= 11 is 0. The van der Waals surface area contributed by atoms with E-state index in [-0.39, 0.29) is 23.4 Å². The summed E-state index contributed by atoms with van der Waals surface area (Å²) in [6.07, 6.45) is 8.62. The first-order valence-electron chi connectivity index (χ1n) is 11.3. The number of carbonyl (C=O) groups excluding carboxylic acids is 2. The number of aromatic nitrogens is 1. The zero-order valence-corrected chi connectivity index (χ0v) is 17.8. The Bertz CT molecular complexity index is 728. The molecule has 1 saturated carbocycles. The van der Waals surface area contributed by atoms with Crippen LogP contribution in [0.1, 0.15) is 74.8 Å². The average molecular weight is 403 g/mol. The van der Waals surface area contributed by atoms with Crippen molar-refractivity contribution in [3.05, 3.63) is 17.0 Å². The van der Waals surface area contributed by atoms with E-state index in [0.717, 1.165) is 68.6 Å². The zero-order valence-electron chi connectivity index (χ0n) is 17.8. The molecule has 2 aliphatic heterocycles. The maximum atomic E-state index is 13.4. The molecule has 4 rings (SSSR count). The van der Waals surface area contributed by atoms with Crippen LogP contribution in [-0.4, -0.2) is 58.0 Å². The molecule has 1 N–H and O–H groups in total. The van der Waals surface area contributed by atoms with Gasteiger partial charge in [0.2, 0.25) is 11.8 Å². The molecule has 3 fully saturated rings. The largest absolute Gasteiger partial charge is 0.361 e. The predicted molar refractivity (Wildman–Crippen MR) is 109 cm³/mol. The van der Waals surface area contributed by atoms with Crippen LogP contribution in [0.2, 0.25) is 0 Å². The van der Waals surface area contributed by atoms with Gasteiger partial charge in [0, 0.05) is 24.6 Å². The molecule has 1 atom stereocenters. The molecule has 160 valence electrons. The van der Waals surface area contributed by atoms with Gasteiger partial charge < -0.3 is 14.7 Å². The van der Waals surface area contributed by atoms with E-state index in [4.69, 9.17) is 4.52 Å². The van der Waals surface area contributed by atoms with Crippen molar-refractivity contribution in [3.8, 4) is 0 Å². The van der Waals surface area contributed by atoms with E-state index in [1.165, 1.54) is 12.8 Å². The molecular weight excluding hydrogens is 368 g/mol. The Balaban J connectivity index is 1.39. The monoisotopic (exact) mass is 402 g/mol. The van der Waals surface area contributed by atoms with Crippen molar-refractivity contribution < 1.29 is 14.1 Å². The first-order valence-corrected chi connectivity index (χ1v) is 11.3. The van der Waals surface area contributed by atoms with Gasteiger partial charge in [0.05, 0.1) is 12.2 Å². The standard InChI is InChI=1S/C22H34N4O3/c1-16-19(17(2)29-24-16)15-25-14-9-18(7-8-20(25)27)23-21(28)22(10-3-4-11-22)26-12-5-6-13-26/h18H,3-15H2,1-2H3,(H,23,28). The van der Waals surface area contributed by atoms with Gasteiger partial charge in [0.15, 0.2) is 0 Å². The van der Waals surface area contributed by atoms with Gasteiger partial charge in [-0.2, -0.15) is 0 Å². The molecule has 0 aromatic carbocycles. The summed E-state index contributed by atoms with van der Waals surface area (Å²) in [5, 5.41) is 7.35. The molecule has 2 saturated heterocycles. The molecule has 7 nitrogen and oxygen atoms in total. The van der Waals surface area contributed by atoms with Crippen LogP contribution in [0.4, 0.5) is 0 Å². The van der Waals surface area contributed by atoms with Gasteiger partial charge in [-0.3, -0.25) is 14.5 Å². The smallest absolute Gasteiger partial charge is 0.240 e. The highest BCUT2D eigenvalue weighted by Crippen LogP contribution is 2.38. The minimum Gasteiger partial charge on any atom is -0.361 e. The van der Waals surface area contributed by atoms with Crippen LogP contribution < -0.4 is 5.32 Å². The lowest BCUT2D eigenvalue weighted by molar-refractivity contribution is -0.134. The van der Waals surface area contributed by atoms with Gasteiger partial charge in [0.1, 0.15) is 11.3 Å². The van der Waals surface area contributed by atoms with Crippen LogP contribution in [0.3, 0.4) is 0 Å². The summed E-state index contributed by atoms with van der Waals surface area (Å²) in [5.74, 6) is 1.13. The minimum absolute atomic E-state index is 0.0706. The molecule has 1 aliphatic carbocycles. The topological polar surface area (TPSA) is 78.7 Å². The number of nitrogens with one attached hydrogen (secondary N) is 1. The average Bonchev–Trinajstić information content (AvgIpc) is 3.44. The highest BCUT2D eigenvalue weighted by Gasteiger charge is 2.47. The van der Waals surface area contributed by atoms with Crippen molar-refractivity contribution in [1.29, 1.82) is 0 Å². The lowest BCUT2D eigenvalue weighted by atomic mass is 9.93. The summed E-state index contributed by atoms with van der Waals surface area (Å²) < 4.78 is 5.24. The van der Waals surface area contributed by atoms with Crippen molar-refractivity contribution in [3.63, 3.8) is 0 Å². The van der Waals surface area contributed by atoms with E-state index < -0.39 is 0 Å². The fraction of sp³-hybridized carbons (Fsp3) is 0.773. The highest BCUT2D eigenvalue weighted by molar-refractivity contribution is 5.87. The number of carbonyl (C=O) groups is 2. The second-order valence-electron chi connectivity index (χ2n) is 9.05. The third-order valence-electron chi connectivity index (χ3n) is 7.24. The summed E-state index contributed by atoms with van der Waals surface area (Å²) in [4.78, 5) is 30.4. The van der Waals surface area contributed by atoms with E-state index in [9.17, 15) is 9.59 Å². The Kier molecular flexibility index (Phi) is 5.95. The van der Waals surface area contributed by atoms with Crippen LogP contribution >= 0.6 is 0 Å². The fourth-order valence-corrected chi connectivity index (χ4v) is 5.38. The molecule has 1 aromatic rings.